The van der Waals surface area contributed by atoms with Gasteiger partial charge < -0.3 is 15.2 Å². The smallest absolute Gasteiger partial charge is 0.344 e. The fourth-order valence-electron chi connectivity index (χ4n) is 3.67. The standard InChI is InChI=1S/C25H20N4O3/c1-31-18-11-7-10-17(14-18)29-23(26)21(25(30)32-15-16-8-3-2-4-9-16)22-24(29)28-20-13-6-5-12-19(20)27-22/h2-14H,15,26H2,1H3. The van der Waals surface area contributed by atoms with Crippen LogP contribution in [0.25, 0.3) is 27.9 Å². The number of hydrogen-bond donors (Lipinski definition) is 1. The molecule has 0 fully saturated rings. The van der Waals surface area contributed by atoms with Crippen molar-refractivity contribution in [2.45, 2.75) is 6.61 Å². The number of hydrogen-bond acceptors (Lipinski definition) is 6. The van der Waals surface area contributed by atoms with Crippen molar-refractivity contribution in [2.24, 2.45) is 0 Å². The van der Waals surface area contributed by atoms with Crippen LogP contribution in [0.1, 0.15) is 15.9 Å². The van der Waals surface area contributed by atoms with Crippen molar-refractivity contribution >= 4 is 34.0 Å². The van der Waals surface area contributed by atoms with E-state index in [0.29, 0.717) is 33.6 Å². The molecule has 0 spiro atoms. The number of benzene rings is 3. The van der Waals surface area contributed by atoms with E-state index in [0.717, 1.165) is 5.56 Å². The number of aromatic nitrogens is 3. The third kappa shape index (κ3) is 3.39. The molecule has 2 heterocycles. The largest absolute Gasteiger partial charge is 0.497 e. The van der Waals surface area contributed by atoms with E-state index in [-0.39, 0.29) is 18.0 Å². The van der Waals surface area contributed by atoms with E-state index in [1.807, 2.05) is 78.9 Å². The van der Waals surface area contributed by atoms with Crippen LogP contribution in [0.4, 0.5) is 5.82 Å². The van der Waals surface area contributed by atoms with Crippen LogP contribution in [0.15, 0.2) is 78.9 Å². The van der Waals surface area contributed by atoms with Crippen LogP contribution in [0.3, 0.4) is 0 Å². The lowest BCUT2D eigenvalue weighted by Gasteiger charge is -2.09. The molecular formula is C25H20N4O3. The lowest BCUT2D eigenvalue weighted by molar-refractivity contribution is 0.0476. The Hall–Kier alpha value is -4.39. The maximum absolute atomic E-state index is 13.1. The highest BCUT2D eigenvalue weighted by molar-refractivity contribution is 6.09. The first kappa shape index (κ1) is 19.6. The van der Waals surface area contributed by atoms with Crippen LogP contribution in [0.5, 0.6) is 5.75 Å². The zero-order chi connectivity index (χ0) is 22.1. The molecule has 0 aliphatic carbocycles. The molecule has 0 saturated heterocycles. The number of carbonyl (C=O) groups excluding carboxylic acids is 1. The number of ether oxygens (including phenoxy) is 2. The normalized spacial score (nSPS) is 11.0. The Morgan fingerprint density at radius 3 is 2.41 bits per heavy atom. The number of methoxy groups -OCH3 is 1. The van der Waals surface area contributed by atoms with Gasteiger partial charge in [0.1, 0.15) is 29.3 Å². The summed E-state index contributed by atoms with van der Waals surface area (Å²) in [5.41, 5.74) is 10.5. The minimum Gasteiger partial charge on any atom is -0.497 e. The molecule has 0 unspecified atom stereocenters. The van der Waals surface area contributed by atoms with Gasteiger partial charge in [0.25, 0.3) is 0 Å². The summed E-state index contributed by atoms with van der Waals surface area (Å²) in [6, 6.07) is 24.3. The summed E-state index contributed by atoms with van der Waals surface area (Å²) in [7, 11) is 1.59. The molecule has 5 rings (SSSR count). The maximum Gasteiger partial charge on any atom is 0.344 e. The van der Waals surface area contributed by atoms with Gasteiger partial charge in [-0.25, -0.2) is 14.8 Å². The van der Waals surface area contributed by atoms with Crippen molar-refractivity contribution in [3.05, 3.63) is 90.0 Å². The monoisotopic (exact) mass is 424 g/mol. The highest BCUT2D eigenvalue weighted by Gasteiger charge is 2.26. The summed E-state index contributed by atoms with van der Waals surface area (Å²) < 4.78 is 12.6. The second-order valence-electron chi connectivity index (χ2n) is 7.24. The van der Waals surface area contributed by atoms with Gasteiger partial charge in [-0.2, -0.15) is 0 Å². The Labute approximate surface area is 184 Å². The molecule has 7 heteroatoms. The lowest BCUT2D eigenvalue weighted by Crippen LogP contribution is -2.09. The second-order valence-corrected chi connectivity index (χ2v) is 7.24. The quantitative estimate of drug-likeness (QED) is 0.417. The Kier molecular flexibility index (Phi) is 4.91. The number of para-hydroxylation sites is 2. The molecule has 0 bridgehead atoms. The van der Waals surface area contributed by atoms with Gasteiger partial charge in [0.15, 0.2) is 5.65 Å². The minimum absolute atomic E-state index is 0.131. The first-order valence-corrected chi connectivity index (χ1v) is 10.1. The topological polar surface area (TPSA) is 92.3 Å². The molecular weight excluding hydrogens is 404 g/mol. The minimum atomic E-state index is -0.553. The van der Waals surface area contributed by atoms with E-state index >= 15 is 0 Å². The maximum atomic E-state index is 13.1. The molecule has 0 amide bonds. The van der Waals surface area contributed by atoms with Gasteiger partial charge in [-0.05, 0) is 29.8 Å². The summed E-state index contributed by atoms with van der Waals surface area (Å²) >= 11 is 0. The number of anilines is 1. The van der Waals surface area contributed by atoms with Crippen LogP contribution >= 0.6 is 0 Å². The first-order valence-electron chi connectivity index (χ1n) is 10.1. The number of rotatable bonds is 5. The van der Waals surface area contributed by atoms with Crippen molar-refractivity contribution in [1.29, 1.82) is 0 Å². The fourth-order valence-corrected chi connectivity index (χ4v) is 3.67. The summed E-state index contributed by atoms with van der Waals surface area (Å²) in [5, 5.41) is 0. The van der Waals surface area contributed by atoms with E-state index in [1.54, 1.807) is 11.7 Å². The van der Waals surface area contributed by atoms with Gasteiger partial charge in [0.2, 0.25) is 0 Å². The highest BCUT2D eigenvalue weighted by Crippen LogP contribution is 2.32. The molecule has 0 radical (unpaired) electrons. The second kappa shape index (κ2) is 8.03. The number of fused-ring (bicyclic) bond motifs is 2. The predicted octanol–water partition coefficient (Wildman–Crippen LogP) is 4.52. The first-order chi connectivity index (χ1) is 15.7. The van der Waals surface area contributed by atoms with Crippen molar-refractivity contribution in [3.8, 4) is 11.4 Å². The van der Waals surface area contributed by atoms with Crippen LogP contribution in [0.2, 0.25) is 0 Å². The summed E-state index contributed by atoms with van der Waals surface area (Å²) in [6.07, 6.45) is 0. The number of esters is 1. The summed E-state index contributed by atoms with van der Waals surface area (Å²) in [6.45, 7) is 0.131. The van der Waals surface area contributed by atoms with Gasteiger partial charge in [-0.15, -0.1) is 0 Å². The molecule has 2 N–H and O–H groups in total. The fraction of sp³-hybridized carbons (Fsp3) is 0.0800. The third-order valence-corrected chi connectivity index (χ3v) is 5.23. The zero-order valence-corrected chi connectivity index (χ0v) is 17.4. The predicted molar refractivity (Wildman–Crippen MR) is 123 cm³/mol. The van der Waals surface area contributed by atoms with E-state index in [2.05, 4.69) is 0 Å². The molecule has 158 valence electrons. The molecule has 0 saturated carbocycles. The van der Waals surface area contributed by atoms with E-state index in [1.165, 1.54) is 0 Å². The number of nitrogen functional groups attached to an aromatic ring is 1. The SMILES string of the molecule is COc1cccc(-n2c(N)c(C(=O)OCc3ccccc3)c3nc4ccccc4nc32)c1. The Morgan fingerprint density at radius 1 is 0.938 bits per heavy atom. The average molecular weight is 424 g/mol. The zero-order valence-electron chi connectivity index (χ0n) is 17.4. The lowest BCUT2D eigenvalue weighted by atomic mass is 10.2. The number of nitrogens with zero attached hydrogens (tertiary/aromatic N) is 3. The summed E-state index contributed by atoms with van der Waals surface area (Å²) in [5.74, 6) is 0.315. The average Bonchev–Trinajstić information content (AvgIpc) is 3.12. The van der Waals surface area contributed by atoms with Crippen LogP contribution in [0, 0.1) is 0 Å². The Bertz CT molecular complexity index is 1440. The molecule has 0 atom stereocenters. The van der Waals surface area contributed by atoms with Crippen LogP contribution in [-0.2, 0) is 11.3 Å². The van der Waals surface area contributed by atoms with E-state index in [9.17, 15) is 4.79 Å². The van der Waals surface area contributed by atoms with Gasteiger partial charge in [-0.3, -0.25) is 4.57 Å². The van der Waals surface area contributed by atoms with Crippen molar-refractivity contribution in [1.82, 2.24) is 14.5 Å². The van der Waals surface area contributed by atoms with Crippen LogP contribution < -0.4 is 10.5 Å². The molecule has 32 heavy (non-hydrogen) atoms. The molecule has 5 aromatic rings. The Balaban J connectivity index is 1.68. The van der Waals surface area contributed by atoms with Gasteiger partial charge >= 0.3 is 5.97 Å². The highest BCUT2D eigenvalue weighted by atomic mass is 16.5. The van der Waals surface area contributed by atoms with E-state index in [4.69, 9.17) is 25.2 Å². The molecule has 0 aliphatic heterocycles. The molecule has 7 nitrogen and oxygen atoms in total. The van der Waals surface area contributed by atoms with Gasteiger partial charge in [0.05, 0.1) is 23.8 Å². The van der Waals surface area contributed by atoms with Crippen molar-refractivity contribution in [2.75, 3.05) is 12.8 Å². The third-order valence-electron chi connectivity index (χ3n) is 5.23. The number of nitrogens with two attached hydrogens (primary N) is 1. The number of carbonyl (C=O) groups is 1. The van der Waals surface area contributed by atoms with E-state index < -0.39 is 5.97 Å². The molecule has 0 aliphatic rings. The Morgan fingerprint density at radius 2 is 1.66 bits per heavy atom. The molecule has 3 aromatic carbocycles. The summed E-state index contributed by atoms with van der Waals surface area (Å²) in [4.78, 5) is 22.6. The van der Waals surface area contributed by atoms with Crippen LogP contribution in [-0.4, -0.2) is 27.6 Å². The van der Waals surface area contributed by atoms with Crippen molar-refractivity contribution < 1.29 is 14.3 Å². The van der Waals surface area contributed by atoms with Gasteiger partial charge in [-0.1, -0.05) is 48.5 Å². The van der Waals surface area contributed by atoms with Crippen molar-refractivity contribution in [3.63, 3.8) is 0 Å². The molecule has 2 aromatic heterocycles. The van der Waals surface area contributed by atoms with Gasteiger partial charge in [0, 0.05) is 6.07 Å².